The predicted octanol–water partition coefficient (Wildman–Crippen LogP) is 6.86. The van der Waals surface area contributed by atoms with E-state index in [9.17, 15) is 0 Å². The zero-order valence-corrected chi connectivity index (χ0v) is 16.1. The smallest absolute Gasteiger partial charge is 0.00719 e. The van der Waals surface area contributed by atoms with E-state index in [1.165, 1.54) is 58.5 Å². The fourth-order valence-corrected chi connectivity index (χ4v) is 5.02. The highest BCUT2D eigenvalue weighted by Crippen LogP contribution is 2.20. The molecular formula is C20H26S3. The molecule has 0 atom stereocenters. The van der Waals surface area contributed by atoms with E-state index in [2.05, 4.69) is 72.4 Å². The molecule has 0 aromatic heterocycles. The van der Waals surface area contributed by atoms with Crippen molar-refractivity contribution in [2.45, 2.75) is 35.5 Å². The molecule has 2 rings (SSSR count). The second kappa shape index (κ2) is 12.9. The molecule has 0 saturated heterocycles. The van der Waals surface area contributed by atoms with Crippen molar-refractivity contribution in [2.24, 2.45) is 0 Å². The number of thioether (sulfide) groups is 3. The average molecular weight is 363 g/mol. The number of benzene rings is 2. The molecule has 0 heterocycles. The Morgan fingerprint density at radius 1 is 0.478 bits per heavy atom. The van der Waals surface area contributed by atoms with Crippen LogP contribution in [-0.4, -0.2) is 23.0 Å². The van der Waals surface area contributed by atoms with E-state index < -0.39 is 0 Å². The molecule has 0 spiro atoms. The van der Waals surface area contributed by atoms with Crippen molar-refractivity contribution in [1.82, 2.24) is 0 Å². The van der Waals surface area contributed by atoms with Crippen LogP contribution in [0.1, 0.15) is 25.7 Å². The molecule has 0 bridgehead atoms. The van der Waals surface area contributed by atoms with Gasteiger partial charge in [0.1, 0.15) is 0 Å². The van der Waals surface area contributed by atoms with Crippen LogP contribution < -0.4 is 0 Å². The molecule has 0 unspecified atom stereocenters. The van der Waals surface area contributed by atoms with E-state index in [0.29, 0.717) is 0 Å². The molecule has 0 radical (unpaired) electrons. The van der Waals surface area contributed by atoms with Crippen LogP contribution in [0.5, 0.6) is 0 Å². The van der Waals surface area contributed by atoms with Crippen LogP contribution in [0, 0.1) is 0 Å². The van der Waals surface area contributed by atoms with Gasteiger partial charge in [0.15, 0.2) is 0 Å². The third-order valence-electron chi connectivity index (χ3n) is 3.39. The third kappa shape index (κ3) is 9.39. The van der Waals surface area contributed by atoms with E-state index >= 15 is 0 Å². The van der Waals surface area contributed by atoms with Crippen LogP contribution in [-0.2, 0) is 0 Å². The minimum atomic E-state index is 1.25. The Morgan fingerprint density at radius 3 is 1.30 bits per heavy atom. The first kappa shape index (κ1) is 18.8. The summed E-state index contributed by atoms with van der Waals surface area (Å²) >= 11 is 6.09. The number of rotatable bonds is 12. The van der Waals surface area contributed by atoms with Crippen molar-refractivity contribution in [3.8, 4) is 0 Å². The number of hydrogen-bond donors (Lipinski definition) is 0. The van der Waals surface area contributed by atoms with Crippen LogP contribution in [0.4, 0.5) is 0 Å². The molecule has 0 nitrogen and oxygen atoms in total. The summed E-state index contributed by atoms with van der Waals surface area (Å²) in [5, 5.41) is 0. The highest BCUT2D eigenvalue weighted by Gasteiger charge is 1.96. The van der Waals surface area contributed by atoms with Gasteiger partial charge in [-0.05, 0) is 73.0 Å². The summed E-state index contributed by atoms with van der Waals surface area (Å²) in [4.78, 5) is 2.80. The van der Waals surface area contributed by atoms with E-state index in [4.69, 9.17) is 0 Å². The molecule has 0 saturated carbocycles. The van der Waals surface area contributed by atoms with E-state index in [0.717, 1.165) is 0 Å². The maximum absolute atomic E-state index is 2.20. The molecule has 2 aromatic carbocycles. The topological polar surface area (TPSA) is 0 Å². The Balaban J connectivity index is 1.34. The first-order valence-corrected chi connectivity index (χ1v) is 11.5. The second-order valence-electron chi connectivity index (χ2n) is 5.35. The van der Waals surface area contributed by atoms with Gasteiger partial charge >= 0.3 is 0 Å². The zero-order valence-electron chi connectivity index (χ0n) is 13.7. The van der Waals surface area contributed by atoms with Crippen LogP contribution in [0.2, 0.25) is 0 Å². The highest BCUT2D eigenvalue weighted by molar-refractivity contribution is 7.99. The summed E-state index contributed by atoms with van der Waals surface area (Å²) in [6.45, 7) is 0. The zero-order chi connectivity index (χ0) is 16.0. The molecule has 0 fully saturated rings. The summed E-state index contributed by atoms with van der Waals surface area (Å²) in [5.41, 5.74) is 0. The first-order chi connectivity index (χ1) is 11.4. The molecule has 0 N–H and O–H groups in total. The van der Waals surface area contributed by atoms with Gasteiger partial charge in [-0.3, -0.25) is 0 Å². The van der Waals surface area contributed by atoms with Gasteiger partial charge in [-0.2, -0.15) is 11.8 Å². The van der Waals surface area contributed by atoms with Crippen LogP contribution in [0.25, 0.3) is 0 Å². The Labute approximate surface area is 154 Å². The molecule has 0 aliphatic heterocycles. The Kier molecular flexibility index (Phi) is 10.5. The number of hydrogen-bond acceptors (Lipinski definition) is 3. The van der Waals surface area contributed by atoms with Crippen LogP contribution >= 0.6 is 35.3 Å². The first-order valence-electron chi connectivity index (χ1n) is 8.38. The fourth-order valence-electron chi connectivity index (χ4n) is 2.13. The van der Waals surface area contributed by atoms with E-state index in [-0.39, 0.29) is 0 Å². The Bertz CT molecular complexity index is 451. The van der Waals surface area contributed by atoms with Crippen molar-refractivity contribution in [3.63, 3.8) is 0 Å². The molecule has 0 amide bonds. The Hall–Kier alpha value is -0.510. The maximum Gasteiger partial charge on any atom is 0.00719 e. The lowest BCUT2D eigenvalue weighted by Crippen LogP contribution is -1.88. The molecular weight excluding hydrogens is 336 g/mol. The molecule has 3 heteroatoms. The summed E-state index contributed by atoms with van der Waals surface area (Å²) < 4.78 is 0. The maximum atomic E-state index is 2.20. The van der Waals surface area contributed by atoms with E-state index in [1.807, 2.05) is 23.5 Å². The summed E-state index contributed by atoms with van der Waals surface area (Å²) in [6.07, 6.45) is 5.36. The molecule has 124 valence electrons. The lowest BCUT2D eigenvalue weighted by Gasteiger charge is -2.03. The lowest BCUT2D eigenvalue weighted by molar-refractivity contribution is 0.889. The SMILES string of the molecule is c1ccc(SCCCCSCCCCSc2ccccc2)cc1. The van der Waals surface area contributed by atoms with E-state index in [1.54, 1.807) is 0 Å². The lowest BCUT2D eigenvalue weighted by atomic mass is 10.4. The summed E-state index contributed by atoms with van der Waals surface area (Å²) in [6, 6.07) is 21.4. The quantitative estimate of drug-likeness (QED) is 0.299. The van der Waals surface area contributed by atoms with Crippen molar-refractivity contribution in [2.75, 3.05) is 23.0 Å². The van der Waals surface area contributed by atoms with Gasteiger partial charge in [-0.25, -0.2) is 0 Å². The second-order valence-corrected chi connectivity index (χ2v) is 8.91. The van der Waals surface area contributed by atoms with Gasteiger partial charge in [0, 0.05) is 9.79 Å². The molecule has 23 heavy (non-hydrogen) atoms. The third-order valence-corrected chi connectivity index (χ3v) is 6.74. The van der Waals surface area contributed by atoms with Gasteiger partial charge in [0.25, 0.3) is 0 Å². The van der Waals surface area contributed by atoms with Crippen LogP contribution in [0.3, 0.4) is 0 Å². The standard InChI is InChI=1S/C20H26S3/c1-3-11-19(12-4-1)22-17-9-7-15-21-16-8-10-18-23-20-13-5-2-6-14-20/h1-6,11-14H,7-10,15-18H2. The monoisotopic (exact) mass is 362 g/mol. The molecule has 2 aromatic rings. The Morgan fingerprint density at radius 2 is 0.870 bits per heavy atom. The van der Waals surface area contributed by atoms with Gasteiger partial charge < -0.3 is 0 Å². The van der Waals surface area contributed by atoms with Gasteiger partial charge in [-0.15, -0.1) is 23.5 Å². The van der Waals surface area contributed by atoms with Gasteiger partial charge in [-0.1, -0.05) is 36.4 Å². The fraction of sp³-hybridized carbons (Fsp3) is 0.400. The van der Waals surface area contributed by atoms with Crippen molar-refractivity contribution < 1.29 is 0 Å². The highest BCUT2D eigenvalue weighted by atomic mass is 32.2. The van der Waals surface area contributed by atoms with Gasteiger partial charge in [0.2, 0.25) is 0 Å². The largest absolute Gasteiger partial charge is 0.162 e. The van der Waals surface area contributed by atoms with Crippen molar-refractivity contribution in [3.05, 3.63) is 60.7 Å². The summed E-state index contributed by atoms with van der Waals surface area (Å²) in [7, 11) is 0. The molecule has 0 aliphatic rings. The average Bonchev–Trinajstić information content (AvgIpc) is 2.61. The minimum absolute atomic E-state index is 1.25. The summed E-state index contributed by atoms with van der Waals surface area (Å²) in [5.74, 6) is 5.14. The number of unbranched alkanes of at least 4 members (excludes halogenated alkanes) is 2. The van der Waals surface area contributed by atoms with Gasteiger partial charge in [0.05, 0.1) is 0 Å². The van der Waals surface area contributed by atoms with Crippen molar-refractivity contribution >= 4 is 35.3 Å². The van der Waals surface area contributed by atoms with Crippen molar-refractivity contribution in [1.29, 1.82) is 0 Å². The van der Waals surface area contributed by atoms with Crippen LogP contribution in [0.15, 0.2) is 70.5 Å². The molecule has 0 aliphatic carbocycles. The predicted molar refractivity (Wildman–Crippen MR) is 110 cm³/mol. The minimum Gasteiger partial charge on any atom is -0.162 e. The normalized spacial score (nSPS) is 10.8.